The highest BCUT2D eigenvalue weighted by molar-refractivity contribution is 5.80. The van der Waals surface area contributed by atoms with Gasteiger partial charge in [0.15, 0.2) is 0 Å². The second kappa shape index (κ2) is 8.87. The van der Waals surface area contributed by atoms with Crippen molar-refractivity contribution in [2.75, 3.05) is 13.7 Å². The van der Waals surface area contributed by atoms with Gasteiger partial charge in [0.1, 0.15) is 0 Å². The minimum atomic E-state index is -0.363. The van der Waals surface area contributed by atoms with Gasteiger partial charge in [-0.05, 0) is 11.1 Å². The van der Waals surface area contributed by atoms with Crippen LogP contribution in [0.4, 0.5) is 0 Å². The van der Waals surface area contributed by atoms with Gasteiger partial charge in [0.25, 0.3) is 0 Å². The third-order valence-corrected chi connectivity index (χ3v) is 3.86. The van der Waals surface area contributed by atoms with E-state index in [0.717, 1.165) is 11.1 Å². The van der Waals surface area contributed by atoms with Crippen LogP contribution in [0.3, 0.4) is 0 Å². The van der Waals surface area contributed by atoms with Crippen molar-refractivity contribution in [3.63, 3.8) is 0 Å². The number of hydrogen-bond donors (Lipinski definition) is 0. The van der Waals surface area contributed by atoms with Gasteiger partial charge in [0, 0.05) is 13.1 Å². The van der Waals surface area contributed by atoms with Crippen molar-refractivity contribution in [2.45, 2.75) is 19.9 Å². The molecule has 0 aliphatic carbocycles. The summed E-state index contributed by atoms with van der Waals surface area (Å²) in [6.45, 7) is 2.60. The van der Waals surface area contributed by atoms with Crippen LogP contribution in [0.1, 0.15) is 18.1 Å². The molecule has 24 heavy (non-hydrogen) atoms. The minimum Gasteiger partial charge on any atom is -0.469 e. The van der Waals surface area contributed by atoms with Gasteiger partial charge in [0.05, 0.1) is 19.4 Å². The van der Waals surface area contributed by atoms with Crippen LogP contribution in [0.15, 0.2) is 60.7 Å². The van der Waals surface area contributed by atoms with Gasteiger partial charge in [-0.2, -0.15) is 0 Å². The number of nitrogens with zero attached hydrogens (tertiary/aromatic N) is 1. The Morgan fingerprint density at radius 3 is 2.04 bits per heavy atom. The number of methoxy groups -OCH3 is 1. The van der Waals surface area contributed by atoms with Crippen molar-refractivity contribution in [1.82, 2.24) is 4.90 Å². The Balaban J connectivity index is 2.11. The van der Waals surface area contributed by atoms with E-state index in [1.807, 2.05) is 60.7 Å². The van der Waals surface area contributed by atoms with Crippen molar-refractivity contribution < 1.29 is 14.3 Å². The highest BCUT2D eigenvalue weighted by Crippen LogP contribution is 2.12. The summed E-state index contributed by atoms with van der Waals surface area (Å²) in [5.74, 6) is -0.667. The summed E-state index contributed by atoms with van der Waals surface area (Å²) in [6.07, 6.45) is 0.321. The zero-order chi connectivity index (χ0) is 17.4. The van der Waals surface area contributed by atoms with Crippen LogP contribution < -0.4 is 0 Å². The van der Waals surface area contributed by atoms with E-state index >= 15 is 0 Å². The van der Waals surface area contributed by atoms with Gasteiger partial charge < -0.3 is 9.64 Å². The summed E-state index contributed by atoms with van der Waals surface area (Å²) in [4.78, 5) is 26.2. The molecule has 1 unspecified atom stereocenters. The van der Waals surface area contributed by atoms with Gasteiger partial charge >= 0.3 is 5.97 Å². The number of ether oxygens (including phenoxy) is 1. The number of carbonyl (C=O) groups excluding carboxylic acids is 2. The SMILES string of the molecule is COC(=O)C(C)CN(Cc1ccccc1)C(=O)Cc1ccccc1. The Labute approximate surface area is 143 Å². The summed E-state index contributed by atoms with van der Waals surface area (Å²) >= 11 is 0. The maximum absolute atomic E-state index is 12.7. The third kappa shape index (κ3) is 5.23. The Bertz CT molecular complexity index is 655. The van der Waals surface area contributed by atoms with E-state index in [1.165, 1.54) is 7.11 Å². The van der Waals surface area contributed by atoms with Crippen molar-refractivity contribution in [3.8, 4) is 0 Å². The van der Waals surface area contributed by atoms with Crippen LogP contribution in [0.25, 0.3) is 0 Å². The fourth-order valence-electron chi connectivity index (χ4n) is 2.55. The molecule has 2 aromatic rings. The zero-order valence-electron chi connectivity index (χ0n) is 14.1. The number of hydrogen-bond acceptors (Lipinski definition) is 3. The molecule has 0 N–H and O–H groups in total. The number of benzene rings is 2. The molecule has 0 aromatic heterocycles. The fourth-order valence-corrected chi connectivity index (χ4v) is 2.55. The average Bonchev–Trinajstić information content (AvgIpc) is 2.62. The lowest BCUT2D eigenvalue weighted by molar-refractivity contribution is -0.146. The van der Waals surface area contributed by atoms with Crippen LogP contribution in [-0.2, 0) is 27.3 Å². The van der Waals surface area contributed by atoms with Gasteiger partial charge in [-0.15, -0.1) is 0 Å². The summed E-state index contributed by atoms with van der Waals surface area (Å²) < 4.78 is 4.78. The Hall–Kier alpha value is -2.62. The molecule has 4 heteroatoms. The Morgan fingerprint density at radius 2 is 1.50 bits per heavy atom. The predicted octanol–water partition coefficient (Wildman–Crippen LogP) is 3.07. The summed E-state index contributed by atoms with van der Waals surface area (Å²) in [5, 5.41) is 0. The number of esters is 1. The maximum atomic E-state index is 12.7. The first kappa shape index (κ1) is 17.7. The molecule has 0 aliphatic rings. The smallest absolute Gasteiger partial charge is 0.310 e. The number of rotatable bonds is 7. The van der Waals surface area contributed by atoms with E-state index in [2.05, 4.69) is 0 Å². The summed E-state index contributed by atoms with van der Waals surface area (Å²) in [6, 6.07) is 19.4. The third-order valence-electron chi connectivity index (χ3n) is 3.86. The molecule has 0 fully saturated rings. The van der Waals surface area contributed by atoms with Crippen LogP contribution >= 0.6 is 0 Å². The molecule has 0 radical (unpaired) electrons. The second-order valence-electron chi connectivity index (χ2n) is 5.85. The molecule has 2 rings (SSSR count). The summed E-state index contributed by atoms with van der Waals surface area (Å²) in [7, 11) is 1.37. The quantitative estimate of drug-likeness (QED) is 0.735. The lowest BCUT2D eigenvalue weighted by atomic mass is 10.1. The van der Waals surface area contributed by atoms with E-state index in [9.17, 15) is 9.59 Å². The molecule has 1 amide bonds. The molecule has 4 nitrogen and oxygen atoms in total. The van der Waals surface area contributed by atoms with Crippen molar-refractivity contribution in [2.24, 2.45) is 5.92 Å². The van der Waals surface area contributed by atoms with Gasteiger partial charge in [-0.1, -0.05) is 67.6 Å². The zero-order valence-corrected chi connectivity index (χ0v) is 14.1. The highest BCUT2D eigenvalue weighted by atomic mass is 16.5. The Kier molecular flexibility index (Phi) is 6.55. The molecular formula is C20H23NO3. The largest absolute Gasteiger partial charge is 0.469 e. The van der Waals surface area contributed by atoms with Crippen LogP contribution in [-0.4, -0.2) is 30.4 Å². The highest BCUT2D eigenvalue weighted by Gasteiger charge is 2.21. The normalized spacial score (nSPS) is 11.6. The molecule has 0 heterocycles. The van der Waals surface area contributed by atoms with Crippen LogP contribution in [0.5, 0.6) is 0 Å². The lowest BCUT2D eigenvalue weighted by Crippen LogP contribution is -2.37. The number of amides is 1. The van der Waals surface area contributed by atoms with Crippen LogP contribution in [0, 0.1) is 5.92 Å². The van der Waals surface area contributed by atoms with E-state index in [4.69, 9.17) is 4.74 Å². The molecular weight excluding hydrogens is 302 g/mol. The first-order valence-electron chi connectivity index (χ1n) is 8.03. The number of carbonyl (C=O) groups is 2. The molecule has 0 spiro atoms. The molecule has 1 atom stereocenters. The minimum absolute atomic E-state index is 0.000746. The monoisotopic (exact) mass is 325 g/mol. The van der Waals surface area contributed by atoms with Crippen molar-refractivity contribution in [1.29, 1.82) is 0 Å². The molecule has 0 saturated heterocycles. The topological polar surface area (TPSA) is 46.6 Å². The van der Waals surface area contributed by atoms with Gasteiger partial charge in [0.2, 0.25) is 5.91 Å². The predicted molar refractivity (Wildman–Crippen MR) is 93.2 cm³/mol. The Morgan fingerprint density at radius 1 is 0.958 bits per heavy atom. The first-order valence-corrected chi connectivity index (χ1v) is 8.03. The molecule has 0 saturated carbocycles. The van der Waals surface area contributed by atoms with Crippen molar-refractivity contribution >= 4 is 11.9 Å². The van der Waals surface area contributed by atoms with E-state index in [-0.39, 0.29) is 17.8 Å². The second-order valence-corrected chi connectivity index (χ2v) is 5.85. The molecule has 2 aromatic carbocycles. The standard InChI is InChI=1S/C20H23NO3/c1-16(20(23)24-2)14-21(15-18-11-7-4-8-12-18)19(22)13-17-9-5-3-6-10-17/h3-12,16H,13-15H2,1-2H3. The maximum Gasteiger partial charge on any atom is 0.310 e. The van der Waals surface area contributed by atoms with Crippen molar-refractivity contribution in [3.05, 3.63) is 71.8 Å². The fraction of sp³-hybridized carbons (Fsp3) is 0.300. The van der Waals surface area contributed by atoms with Crippen LogP contribution in [0.2, 0.25) is 0 Å². The first-order chi connectivity index (χ1) is 11.6. The lowest BCUT2D eigenvalue weighted by Gasteiger charge is -2.25. The van der Waals surface area contributed by atoms with Gasteiger partial charge in [-0.25, -0.2) is 0 Å². The molecule has 0 bridgehead atoms. The summed E-state index contributed by atoms with van der Waals surface area (Å²) in [5.41, 5.74) is 2.00. The molecule has 126 valence electrons. The van der Waals surface area contributed by atoms with E-state index < -0.39 is 0 Å². The van der Waals surface area contributed by atoms with E-state index in [1.54, 1.807) is 11.8 Å². The average molecular weight is 325 g/mol. The van der Waals surface area contributed by atoms with E-state index in [0.29, 0.717) is 19.5 Å². The van der Waals surface area contributed by atoms with Gasteiger partial charge in [-0.3, -0.25) is 9.59 Å². The molecule has 0 aliphatic heterocycles.